The van der Waals surface area contributed by atoms with Gasteiger partial charge in [-0.3, -0.25) is 0 Å². The lowest BCUT2D eigenvalue weighted by Gasteiger charge is -2.28. The van der Waals surface area contributed by atoms with E-state index in [1.165, 1.54) is 39.3 Å². The third-order valence-electron chi connectivity index (χ3n) is 5.07. The number of pyridine rings is 1. The molecule has 0 aromatic carbocycles. The molecule has 3 heterocycles. The average Bonchev–Trinajstić information content (AvgIpc) is 3.22. The van der Waals surface area contributed by atoms with Crippen molar-refractivity contribution >= 4 is 50.2 Å². The van der Waals surface area contributed by atoms with Crippen LogP contribution in [0.2, 0.25) is 5.15 Å². The minimum atomic E-state index is 0.263. The molecule has 1 aliphatic rings. The lowest BCUT2D eigenvalue weighted by atomic mass is 9.83. The Morgan fingerprint density at radius 3 is 2.96 bits per heavy atom. The first-order chi connectivity index (χ1) is 12.1. The van der Waals surface area contributed by atoms with Gasteiger partial charge in [0.05, 0.1) is 15.9 Å². The van der Waals surface area contributed by atoms with Crippen LogP contribution in [-0.2, 0) is 6.54 Å². The van der Waals surface area contributed by atoms with E-state index in [1.54, 1.807) is 11.3 Å². The van der Waals surface area contributed by atoms with E-state index in [0.717, 1.165) is 24.2 Å². The van der Waals surface area contributed by atoms with Crippen molar-refractivity contribution in [3.05, 3.63) is 44.1 Å². The highest BCUT2D eigenvalue weighted by Crippen LogP contribution is 2.43. The van der Waals surface area contributed by atoms with Crippen LogP contribution in [-0.4, -0.2) is 11.0 Å². The Bertz CT molecular complexity index is 873. The van der Waals surface area contributed by atoms with Gasteiger partial charge < -0.3 is 11.1 Å². The molecule has 0 spiro atoms. The number of anilines is 1. The van der Waals surface area contributed by atoms with Crippen molar-refractivity contribution in [1.29, 1.82) is 0 Å². The summed E-state index contributed by atoms with van der Waals surface area (Å²) in [7, 11) is 0. The predicted molar refractivity (Wildman–Crippen MR) is 110 cm³/mol. The molecule has 132 valence electrons. The molecule has 0 unspecified atom stereocenters. The maximum Gasteiger partial charge on any atom is 0.131 e. The number of nitrogens with two attached hydrogens (primary N) is 1. The van der Waals surface area contributed by atoms with Gasteiger partial charge in [0.25, 0.3) is 0 Å². The Morgan fingerprint density at radius 2 is 2.20 bits per heavy atom. The van der Waals surface area contributed by atoms with Crippen LogP contribution in [0, 0.1) is 6.92 Å². The molecule has 3 aromatic rings. The Balaban J connectivity index is 1.72. The summed E-state index contributed by atoms with van der Waals surface area (Å²) in [4.78, 5) is 7.33. The molecular weight excluding hydrogens is 370 g/mol. The van der Waals surface area contributed by atoms with Crippen molar-refractivity contribution in [3.8, 4) is 0 Å². The van der Waals surface area contributed by atoms with Crippen LogP contribution in [0.5, 0.6) is 0 Å². The Kier molecular flexibility index (Phi) is 5.00. The molecule has 3 N–H and O–H groups in total. The fraction of sp³-hybridized carbons (Fsp3) is 0.421. The van der Waals surface area contributed by atoms with E-state index >= 15 is 0 Å². The quantitative estimate of drug-likeness (QED) is 0.543. The zero-order valence-corrected chi connectivity index (χ0v) is 16.6. The highest BCUT2D eigenvalue weighted by Gasteiger charge is 2.28. The van der Waals surface area contributed by atoms with Gasteiger partial charge in [-0.1, -0.05) is 30.5 Å². The summed E-state index contributed by atoms with van der Waals surface area (Å²) < 4.78 is 1.20. The first-order valence-corrected chi connectivity index (χ1v) is 10.8. The summed E-state index contributed by atoms with van der Waals surface area (Å²) in [5.74, 6) is 0.455. The molecule has 2 atom stereocenters. The fourth-order valence-electron chi connectivity index (χ4n) is 3.73. The van der Waals surface area contributed by atoms with Gasteiger partial charge in [-0.15, -0.1) is 22.7 Å². The minimum Gasteiger partial charge on any atom is -0.379 e. The van der Waals surface area contributed by atoms with E-state index in [1.807, 2.05) is 17.4 Å². The normalized spacial score (nSPS) is 20.9. The van der Waals surface area contributed by atoms with Gasteiger partial charge in [-0.25, -0.2) is 4.98 Å². The predicted octanol–water partition coefficient (Wildman–Crippen LogP) is 5.92. The van der Waals surface area contributed by atoms with E-state index < -0.39 is 0 Å². The maximum absolute atomic E-state index is 6.44. The van der Waals surface area contributed by atoms with Crippen LogP contribution in [0.4, 0.5) is 5.69 Å². The monoisotopic (exact) mass is 391 g/mol. The number of thiophene rings is 2. The van der Waals surface area contributed by atoms with Crippen LogP contribution >= 0.6 is 34.3 Å². The number of halogens is 1. The Morgan fingerprint density at radius 1 is 1.36 bits per heavy atom. The number of rotatable bonds is 4. The smallest absolute Gasteiger partial charge is 0.131 e. The summed E-state index contributed by atoms with van der Waals surface area (Å²) in [6.07, 6.45) is 4.82. The molecule has 1 saturated carbocycles. The summed E-state index contributed by atoms with van der Waals surface area (Å²) in [6.45, 7) is 2.98. The molecule has 0 radical (unpaired) electrons. The first-order valence-electron chi connectivity index (χ1n) is 8.75. The number of hydrogen-bond acceptors (Lipinski definition) is 5. The highest BCUT2D eigenvalue weighted by atomic mass is 35.5. The van der Waals surface area contributed by atoms with E-state index in [-0.39, 0.29) is 6.04 Å². The number of fused-ring (bicyclic) bond motifs is 1. The summed E-state index contributed by atoms with van der Waals surface area (Å²) in [5, 5.41) is 6.20. The number of hydrogen-bond donors (Lipinski definition) is 2. The number of aromatic nitrogens is 1. The standard InChI is InChI=1S/C19H22ClN3S2/c1-11-17-19(25-18(11)13-6-2-3-7-14(13)21)15(9-16(20)23-17)22-10-12-5-4-8-24-12/h4-5,8-9,13-14H,2-3,6-7,10,21H2,1H3,(H,22,23)/t13-,14-/m1/s1. The van der Waals surface area contributed by atoms with Gasteiger partial charge in [0.15, 0.2) is 0 Å². The van der Waals surface area contributed by atoms with E-state index in [9.17, 15) is 0 Å². The van der Waals surface area contributed by atoms with Gasteiger partial charge >= 0.3 is 0 Å². The van der Waals surface area contributed by atoms with Crippen molar-refractivity contribution in [1.82, 2.24) is 4.98 Å². The molecule has 3 aromatic heterocycles. The lowest BCUT2D eigenvalue weighted by molar-refractivity contribution is 0.389. The number of nitrogens with zero attached hydrogens (tertiary/aromatic N) is 1. The molecule has 6 heteroatoms. The molecule has 1 aliphatic carbocycles. The molecule has 4 rings (SSSR count). The van der Waals surface area contributed by atoms with Gasteiger partial charge in [-0.05, 0) is 36.8 Å². The second-order valence-corrected chi connectivity index (χ2v) is 9.22. The maximum atomic E-state index is 6.44. The summed E-state index contributed by atoms with van der Waals surface area (Å²) >= 11 is 9.92. The van der Waals surface area contributed by atoms with Crippen LogP contribution in [0.25, 0.3) is 10.2 Å². The second kappa shape index (κ2) is 7.23. The first kappa shape index (κ1) is 17.3. The number of aryl methyl sites for hydroxylation is 1. The van der Waals surface area contributed by atoms with Crippen LogP contribution in [0.1, 0.15) is 46.9 Å². The zero-order valence-electron chi connectivity index (χ0n) is 14.2. The van der Waals surface area contributed by atoms with Crippen molar-refractivity contribution in [2.24, 2.45) is 5.73 Å². The van der Waals surface area contributed by atoms with Gasteiger partial charge in [0.1, 0.15) is 5.15 Å². The van der Waals surface area contributed by atoms with Crippen molar-refractivity contribution in [3.63, 3.8) is 0 Å². The van der Waals surface area contributed by atoms with Crippen LogP contribution in [0.15, 0.2) is 23.6 Å². The molecular formula is C19H22ClN3S2. The van der Waals surface area contributed by atoms with E-state index in [2.05, 4.69) is 34.7 Å². The Labute approximate surface area is 161 Å². The second-order valence-electron chi connectivity index (χ2n) is 6.75. The summed E-state index contributed by atoms with van der Waals surface area (Å²) in [6, 6.07) is 6.43. The van der Waals surface area contributed by atoms with Crippen LogP contribution < -0.4 is 11.1 Å². The SMILES string of the molecule is Cc1c([C@@H]2CCCC[C@H]2N)sc2c(NCc3cccs3)cc(Cl)nc12. The van der Waals surface area contributed by atoms with Gasteiger partial charge in [0.2, 0.25) is 0 Å². The molecule has 0 aliphatic heterocycles. The van der Waals surface area contributed by atoms with Gasteiger partial charge in [0, 0.05) is 34.3 Å². The average molecular weight is 392 g/mol. The van der Waals surface area contributed by atoms with Crippen molar-refractivity contribution in [2.45, 2.75) is 51.1 Å². The third-order valence-corrected chi connectivity index (χ3v) is 7.58. The van der Waals surface area contributed by atoms with Gasteiger partial charge in [-0.2, -0.15) is 0 Å². The Hall–Kier alpha value is -1.14. The third kappa shape index (κ3) is 3.43. The lowest BCUT2D eigenvalue weighted by Crippen LogP contribution is -2.31. The van der Waals surface area contributed by atoms with Crippen LogP contribution in [0.3, 0.4) is 0 Å². The summed E-state index contributed by atoms with van der Waals surface area (Å²) in [5.41, 5.74) is 9.80. The zero-order chi connectivity index (χ0) is 17.4. The fourth-order valence-corrected chi connectivity index (χ4v) is 6.02. The molecule has 0 saturated heterocycles. The topological polar surface area (TPSA) is 50.9 Å². The largest absolute Gasteiger partial charge is 0.379 e. The minimum absolute atomic E-state index is 0.263. The molecule has 0 bridgehead atoms. The molecule has 3 nitrogen and oxygen atoms in total. The van der Waals surface area contributed by atoms with E-state index in [4.69, 9.17) is 17.3 Å². The molecule has 0 amide bonds. The molecule has 25 heavy (non-hydrogen) atoms. The van der Waals surface area contributed by atoms with Crippen molar-refractivity contribution < 1.29 is 0 Å². The highest BCUT2D eigenvalue weighted by molar-refractivity contribution is 7.20. The van der Waals surface area contributed by atoms with E-state index in [0.29, 0.717) is 11.1 Å². The number of nitrogens with one attached hydrogen (secondary N) is 1. The van der Waals surface area contributed by atoms with Crippen molar-refractivity contribution in [2.75, 3.05) is 5.32 Å². The molecule has 1 fully saturated rings.